The van der Waals surface area contributed by atoms with E-state index in [1.165, 1.54) is 7.11 Å². The molecule has 1 aromatic heterocycles. The number of esters is 1. The normalized spacial score (nSPS) is 15.2. The summed E-state index contributed by atoms with van der Waals surface area (Å²) in [6, 6.07) is 11.2. The number of nitrogens with one attached hydrogen (secondary N) is 1. The molecule has 3 N–H and O–H groups in total. The summed E-state index contributed by atoms with van der Waals surface area (Å²) >= 11 is 0. The molecule has 0 radical (unpaired) electrons. The van der Waals surface area contributed by atoms with Crippen molar-refractivity contribution in [2.45, 2.75) is 6.54 Å². The first kappa shape index (κ1) is 17.7. The molecule has 1 saturated heterocycles. The Morgan fingerprint density at radius 2 is 1.92 bits per heavy atom. The van der Waals surface area contributed by atoms with Crippen molar-refractivity contribution in [1.29, 1.82) is 0 Å². The van der Waals surface area contributed by atoms with E-state index in [2.05, 4.69) is 5.32 Å². The first-order valence-electron chi connectivity index (χ1n) is 8.76. The number of furan rings is 1. The summed E-state index contributed by atoms with van der Waals surface area (Å²) in [4.78, 5) is 13.1. The number of carbonyl (C=O) groups is 1. The number of rotatable bonds is 7. The van der Waals surface area contributed by atoms with Crippen molar-refractivity contribution in [2.24, 2.45) is 0 Å². The number of hydrogen-bond acceptors (Lipinski definition) is 4. The van der Waals surface area contributed by atoms with Crippen LogP contribution in [-0.4, -0.2) is 52.5 Å². The van der Waals surface area contributed by atoms with E-state index < -0.39 is 0 Å². The van der Waals surface area contributed by atoms with Gasteiger partial charge in [0.25, 0.3) is 0 Å². The largest absolute Gasteiger partial charge is 0.465 e. The lowest BCUT2D eigenvalue weighted by atomic mass is 10.1. The number of quaternary nitrogens is 2. The molecule has 1 aliphatic rings. The topological polar surface area (TPSA) is 69.7 Å². The van der Waals surface area contributed by atoms with Gasteiger partial charge in [-0.2, -0.15) is 0 Å². The van der Waals surface area contributed by atoms with Crippen LogP contribution in [0.1, 0.15) is 16.1 Å². The van der Waals surface area contributed by atoms with Gasteiger partial charge in [-0.1, -0.05) is 12.1 Å². The minimum Gasteiger partial charge on any atom is -0.465 e. The highest BCUT2D eigenvalue weighted by Gasteiger charge is 2.14. The van der Waals surface area contributed by atoms with Gasteiger partial charge in [0.2, 0.25) is 0 Å². The van der Waals surface area contributed by atoms with E-state index >= 15 is 0 Å². The average molecular weight is 346 g/mol. The van der Waals surface area contributed by atoms with E-state index in [0.29, 0.717) is 5.56 Å². The third-order valence-corrected chi connectivity index (χ3v) is 4.50. The minimum absolute atomic E-state index is 0.330. The summed E-state index contributed by atoms with van der Waals surface area (Å²) in [6.45, 7) is 7.06. The van der Waals surface area contributed by atoms with E-state index in [-0.39, 0.29) is 5.97 Å². The highest BCUT2D eigenvalue weighted by molar-refractivity contribution is 5.89. The monoisotopic (exact) mass is 346 g/mol. The average Bonchev–Trinajstić information content (AvgIpc) is 3.14. The van der Waals surface area contributed by atoms with Crippen molar-refractivity contribution in [2.75, 3.05) is 46.5 Å². The number of ether oxygens (including phenoxy) is 2. The molecule has 134 valence electrons. The highest BCUT2D eigenvalue weighted by atomic mass is 16.5. The molecule has 0 aliphatic carbocycles. The predicted molar refractivity (Wildman–Crippen MR) is 92.4 cm³/mol. The summed E-state index contributed by atoms with van der Waals surface area (Å²) < 4.78 is 16.0. The Hall–Kier alpha value is -2.15. The van der Waals surface area contributed by atoms with Gasteiger partial charge in [0.05, 0.1) is 25.9 Å². The number of benzene rings is 1. The van der Waals surface area contributed by atoms with Crippen LogP contribution in [0.5, 0.6) is 0 Å². The maximum absolute atomic E-state index is 11.5. The Kier molecular flexibility index (Phi) is 6.22. The molecule has 2 aromatic rings. The second kappa shape index (κ2) is 8.80. The number of nitrogens with two attached hydrogens (primary N) is 1. The van der Waals surface area contributed by atoms with E-state index in [9.17, 15) is 4.79 Å². The van der Waals surface area contributed by atoms with Crippen LogP contribution in [0, 0.1) is 0 Å². The Labute approximate surface area is 147 Å². The molecular weight excluding hydrogens is 320 g/mol. The van der Waals surface area contributed by atoms with E-state index in [1.54, 1.807) is 17.0 Å². The number of hydrogen-bond donors (Lipinski definition) is 2. The molecule has 6 heteroatoms. The van der Waals surface area contributed by atoms with Gasteiger partial charge in [-0.05, 0) is 24.3 Å². The molecule has 0 unspecified atom stereocenters. The molecule has 1 aromatic carbocycles. The molecule has 1 aliphatic heterocycles. The van der Waals surface area contributed by atoms with Crippen molar-refractivity contribution in [3.05, 3.63) is 47.7 Å². The van der Waals surface area contributed by atoms with E-state index in [1.807, 2.05) is 24.3 Å². The van der Waals surface area contributed by atoms with Crippen molar-refractivity contribution < 1.29 is 28.9 Å². The Balaban J connectivity index is 1.47. The van der Waals surface area contributed by atoms with Crippen molar-refractivity contribution >= 4 is 5.97 Å². The smallest absolute Gasteiger partial charge is 0.337 e. The van der Waals surface area contributed by atoms with Crippen LogP contribution in [0.25, 0.3) is 11.3 Å². The van der Waals surface area contributed by atoms with Crippen molar-refractivity contribution in [3.8, 4) is 11.3 Å². The summed E-state index contributed by atoms with van der Waals surface area (Å²) in [5.41, 5.74) is 1.49. The minimum atomic E-state index is -0.330. The highest BCUT2D eigenvalue weighted by Crippen LogP contribution is 2.22. The molecule has 0 bridgehead atoms. The van der Waals surface area contributed by atoms with Crippen LogP contribution in [0.3, 0.4) is 0 Å². The van der Waals surface area contributed by atoms with Crippen molar-refractivity contribution in [1.82, 2.24) is 0 Å². The predicted octanol–water partition coefficient (Wildman–Crippen LogP) is -0.288. The summed E-state index contributed by atoms with van der Waals surface area (Å²) in [5.74, 6) is 1.45. The lowest BCUT2D eigenvalue weighted by Gasteiger charge is -2.22. The van der Waals surface area contributed by atoms with Gasteiger partial charge in [-0.15, -0.1) is 0 Å². The fourth-order valence-corrected chi connectivity index (χ4v) is 2.99. The van der Waals surface area contributed by atoms with E-state index in [4.69, 9.17) is 13.9 Å². The quantitative estimate of drug-likeness (QED) is 0.534. The van der Waals surface area contributed by atoms with Crippen molar-refractivity contribution in [3.63, 3.8) is 0 Å². The SMILES string of the molecule is COC(=O)c1ccc(-c2ccc(C[NH2+]CC[NH+]3CCOCC3)o2)cc1. The Morgan fingerprint density at radius 3 is 2.64 bits per heavy atom. The third kappa shape index (κ3) is 4.92. The fourth-order valence-electron chi connectivity index (χ4n) is 2.99. The molecular formula is C19H26N2O4+2. The van der Waals surface area contributed by atoms with Gasteiger partial charge in [-0.3, -0.25) is 0 Å². The molecule has 1 fully saturated rings. The van der Waals surface area contributed by atoms with Gasteiger partial charge in [-0.25, -0.2) is 4.79 Å². The van der Waals surface area contributed by atoms with Gasteiger partial charge in [0.15, 0.2) is 5.76 Å². The third-order valence-electron chi connectivity index (χ3n) is 4.50. The number of methoxy groups -OCH3 is 1. The van der Waals surface area contributed by atoms with Crippen LogP contribution in [-0.2, 0) is 16.0 Å². The summed E-state index contributed by atoms with van der Waals surface area (Å²) in [6.07, 6.45) is 0. The molecule has 2 heterocycles. The Bertz CT molecular complexity index is 675. The summed E-state index contributed by atoms with van der Waals surface area (Å²) in [5, 5.41) is 2.28. The number of morpholine rings is 1. The van der Waals surface area contributed by atoms with Gasteiger partial charge < -0.3 is 24.1 Å². The first-order valence-corrected chi connectivity index (χ1v) is 8.76. The maximum Gasteiger partial charge on any atom is 0.337 e. The van der Waals surface area contributed by atoms with Crippen LogP contribution >= 0.6 is 0 Å². The lowest BCUT2D eigenvalue weighted by Crippen LogP contribution is -3.16. The lowest BCUT2D eigenvalue weighted by molar-refractivity contribution is -0.920. The standard InChI is InChI=1S/C19H24N2O4/c1-23-19(22)16-4-2-15(3-5-16)18-7-6-17(25-18)14-20-8-9-21-10-12-24-13-11-21/h2-7,20H,8-14H2,1H3/p+2. The molecule has 0 saturated carbocycles. The van der Waals surface area contributed by atoms with Gasteiger partial charge >= 0.3 is 5.97 Å². The molecule has 25 heavy (non-hydrogen) atoms. The molecule has 6 nitrogen and oxygen atoms in total. The molecule has 3 rings (SSSR count). The zero-order valence-electron chi connectivity index (χ0n) is 14.6. The van der Waals surface area contributed by atoms with Gasteiger partial charge in [0, 0.05) is 5.56 Å². The molecule has 0 amide bonds. The van der Waals surface area contributed by atoms with Gasteiger partial charge in [0.1, 0.15) is 38.5 Å². The van der Waals surface area contributed by atoms with E-state index in [0.717, 1.165) is 63.0 Å². The molecule has 0 spiro atoms. The van der Waals surface area contributed by atoms with Crippen LogP contribution in [0.2, 0.25) is 0 Å². The second-order valence-electron chi connectivity index (χ2n) is 6.23. The summed E-state index contributed by atoms with van der Waals surface area (Å²) in [7, 11) is 1.38. The molecule has 0 atom stereocenters. The fraction of sp³-hybridized carbons (Fsp3) is 0.421. The zero-order valence-corrected chi connectivity index (χ0v) is 14.6. The van der Waals surface area contributed by atoms with Crippen LogP contribution < -0.4 is 10.2 Å². The maximum atomic E-state index is 11.5. The number of carbonyl (C=O) groups excluding carboxylic acids is 1. The Morgan fingerprint density at radius 1 is 1.16 bits per heavy atom. The zero-order chi connectivity index (χ0) is 17.5. The second-order valence-corrected chi connectivity index (χ2v) is 6.23. The van der Waals surface area contributed by atoms with Crippen LogP contribution in [0.4, 0.5) is 0 Å². The first-order chi connectivity index (χ1) is 12.3. The van der Waals surface area contributed by atoms with Crippen LogP contribution in [0.15, 0.2) is 40.8 Å².